The lowest BCUT2D eigenvalue weighted by Gasteiger charge is -2.36. The number of aromatic nitrogens is 3. The van der Waals surface area contributed by atoms with E-state index in [2.05, 4.69) is 21.1 Å². The fourth-order valence-corrected chi connectivity index (χ4v) is 6.51. The van der Waals surface area contributed by atoms with Crippen LogP contribution in [0.5, 0.6) is 0 Å². The Bertz CT molecular complexity index is 1420. The third kappa shape index (κ3) is 4.90. The first-order valence-corrected chi connectivity index (χ1v) is 13.7. The minimum atomic E-state index is -0.614. The highest BCUT2D eigenvalue weighted by atomic mass is 35.5. The number of nitrogens with two attached hydrogens (primary N) is 1. The summed E-state index contributed by atoms with van der Waals surface area (Å²) in [5.74, 6) is 0.753. The van der Waals surface area contributed by atoms with Gasteiger partial charge in [-0.3, -0.25) is 0 Å². The fourth-order valence-electron chi connectivity index (χ4n) is 5.12. The van der Waals surface area contributed by atoms with Crippen LogP contribution < -0.4 is 10.6 Å². The average molecular weight is 556 g/mol. The Morgan fingerprint density at radius 2 is 2.00 bits per heavy atom. The molecule has 0 bridgehead atoms. The van der Waals surface area contributed by atoms with Crippen LogP contribution in [0.15, 0.2) is 16.7 Å². The van der Waals surface area contributed by atoms with Gasteiger partial charge in [-0.1, -0.05) is 16.8 Å². The van der Waals surface area contributed by atoms with Gasteiger partial charge in [0, 0.05) is 42.3 Å². The molecule has 1 amide bonds. The number of fused-ring (bicyclic) bond motifs is 1. The molecule has 1 fully saturated rings. The summed E-state index contributed by atoms with van der Waals surface area (Å²) in [5, 5.41) is 14.8. The highest BCUT2D eigenvalue weighted by molar-refractivity contribution is 7.16. The SMILES string of the molecule is CC(C)(C)OC(=O)N1CCN(c2cc(Cl)nc(-c3noc(C4(C)CCCc5sc(N)c(C#N)c54)n3)c2)CC1. The molecule has 0 aromatic carbocycles. The van der Waals surface area contributed by atoms with Crippen LogP contribution >= 0.6 is 22.9 Å². The number of piperazine rings is 1. The van der Waals surface area contributed by atoms with Crippen molar-refractivity contribution < 1.29 is 14.1 Å². The number of carbonyl (C=O) groups is 1. The number of rotatable bonds is 3. The standard InChI is InChI=1S/C26H30ClN7O3S/c1-25(2,3)36-24(35)34-10-8-33(9-11-34)15-12-17(30-19(27)13-15)22-31-23(37-32-22)26(4)7-5-6-18-20(26)16(14-28)21(29)38-18/h12-13H,5-11,29H2,1-4H3. The maximum Gasteiger partial charge on any atom is 0.410 e. The molecule has 0 spiro atoms. The molecule has 0 radical (unpaired) electrons. The number of amides is 1. The molecular formula is C26H30ClN7O3S. The average Bonchev–Trinajstić information content (AvgIpc) is 3.48. The molecule has 4 heterocycles. The van der Waals surface area contributed by atoms with Crippen molar-refractivity contribution in [3.63, 3.8) is 0 Å². The molecule has 38 heavy (non-hydrogen) atoms. The lowest BCUT2D eigenvalue weighted by molar-refractivity contribution is 0.0240. The Labute approximate surface area is 230 Å². The van der Waals surface area contributed by atoms with E-state index in [4.69, 9.17) is 31.6 Å². The summed E-state index contributed by atoms with van der Waals surface area (Å²) in [6.07, 6.45) is 2.27. The maximum absolute atomic E-state index is 12.4. The van der Waals surface area contributed by atoms with Crippen LogP contribution in [0, 0.1) is 11.3 Å². The Morgan fingerprint density at radius 3 is 2.68 bits per heavy atom. The van der Waals surface area contributed by atoms with Crippen LogP contribution in [0.2, 0.25) is 5.15 Å². The van der Waals surface area contributed by atoms with Crippen molar-refractivity contribution in [2.24, 2.45) is 0 Å². The fraction of sp³-hybridized carbons (Fsp3) is 0.500. The van der Waals surface area contributed by atoms with E-state index in [9.17, 15) is 10.1 Å². The number of nitrogens with zero attached hydrogens (tertiary/aromatic N) is 6. The molecule has 3 aromatic heterocycles. The summed E-state index contributed by atoms with van der Waals surface area (Å²) in [4.78, 5) is 26.5. The quantitative estimate of drug-likeness (QED) is 0.443. The van der Waals surface area contributed by atoms with Crippen molar-refractivity contribution in [2.75, 3.05) is 36.8 Å². The Kier molecular flexibility index (Phi) is 6.73. The molecule has 1 unspecified atom stereocenters. The predicted molar refractivity (Wildman–Crippen MR) is 145 cm³/mol. The summed E-state index contributed by atoms with van der Waals surface area (Å²) in [6, 6.07) is 5.93. The van der Waals surface area contributed by atoms with Crippen molar-refractivity contribution in [2.45, 2.75) is 58.0 Å². The highest BCUT2D eigenvalue weighted by Gasteiger charge is 2.43. The number of thiophene rings is 1. The number of hydrogen-bond acceptors (Lipinski definition) is 10. The van der Waals surface area contributed by atoms with Gasteiger partial charge in [-0.25, -0.2) is 9.78 Å². The normalized spacial score (nSPS) is 19.7. The van der Waals surface area contributed by atoms with Crippen molar-refractivity contribution in [1.29, 1.82) is 5.26 Å². The van der Waals surface area contributed by atoms with Crippen LogP contribution in [-0.2, 0) is 16.6 Å². The Morgan fingerprint density at radius 1 is 1.26 bits per heavy atom. The second-order valence-corrected chi connectivity index (χ2v) is 12.4. The minimum Gasteiger partial charge on any atom is -0.444 e. The molecule has 200 valence electrons. The molecule has 1 aliphatic heterocycles. The number of pyridine rings is 1. The van der Waals surface area contributed by atoms with Gasteiger partial charge in [0.15, 0.2) is 0 Å². The van der Waals surface area contributed by atoms with Gasteiger partial charge in [0.05, 0.1) is 11.0 Å². The lowest BCUT2D eigenvalue weighted by Crippen LogP contribution is -2.50. The second kappa shape index (κ2) is 9.75. The molecule has 10 nitrogen and oxygen atoms in total. The topological polar surface area (TPSA) is 134 Å². The molecule has 2 N–H and O–H groups in total. The lowest BCUT2D eigenvalue weighted by atomic mass is 9.72. The largest absolute Gasteiger partial charge is 0.444 e. The first kappa shape index (κ1) is 26.3. The Hall–Kier alpha value is -3.36. The first-order valence-electron chi connectivity index (χ1n) is 12.6. The molecule has 5 rings (SSSR count). The predicted octanol–water partition coefficient (Wildman–Crippen LogP) is 5.00. The van der Waals surface area contributed by atoms with Crippen molar-refractivity contribution in [3.05, 3.63) is 39.2 Å². The van der Waals surface area contributed by atoms with E-state index in [0.29, 0.717) is 59.3 Å². The molecule has 3 aromatic rings. The summed E-state index contributed by atoms with van der Waals surface area (Å²) < 4.78 is 11.3. The van der Waals surface area contributed by atoms with Gasteiger partial charge in [0.25, 0.3) is 0 Å². The van der Waals surface area contributed by atoms with Gasteiger partial charge in [-0.15, -0.1) is 11.3 Å². The van der Waals surface area contributed by atoms with Gasteiger partial charge < -0.3 is 24.8 Å². The van der Waals surface area contributed by atoms with E-state index >= 15 is 0 Å². The van der Waals surface area contributed by atoms with E-state index in [-0.39, 0.29) is 6.09 Å². The molecule has 1 atom stereocenters. The second-order valence-electron chi connectivity index (χ2n) is 10.8. The van der Waals surface area contributed by atoms with Crippen molar-refractivity contribution in [3.8, 4) is 17.6 Å². The van der Waals surface area contributed by atoms with Crippen molar-refractivity contribution >= 4 is 39.7 Å². The number of anilines is 2. The summed E-state index contributed by atoms with van der Waals surface area (Å²) in [5.41, 5.74) is 7.75. The molecule has 2 aliphatic rings. The zero-order valence-electron chi connectivity index (χ0n) is 21.9. The van der Waals surface area contributed by atoms with Crippen LogP contribution in [0.1, 0.15) is 62.4 Å². The smallest absolute Gasteiger partial charge is 0.410 e. The number of nitriles is 1. The van der Waals surface area contributed by atoms with E-state index in [1.165, 1.54) is 11.3 Å². The molecule has 12 heteroatoms. The molecule has 1 saturated heterocycles. The zero-order valence-corrected chi connectivity index (χ0v) is 23.4. The van der Waals surface area contributed by atoms with Gasteiger partial charge in [-0.2, -0.15) is 10.2 Å². The third-order valence-corrected chi connectivity index (χ3v) is 8.23. The molecule has 0 saturated carbocycles. The summed E-state index contributed by atoms with van der Waals surface area (Å²) >= 11 is 7.87. The molecular weight excluding hydrogens is 526 g/mol. The van der Waals surface area contributed by atoms with Crippen LogP contribution in [0.25, 0.3) is 11.5 Å². The maximum atomic E-state index is 12.4. The van der Waals surface area contributed by atoms with E-state index < -0.39 is 11.0 Å². The number of carbonyl (C=O) groups excluding carboxylic acids is 1. The third-order valence-electron chi connectivity index (χ3n) is 6.96. The highest BCUT2D eigenvalue weighted by Crippen LogP contribution is 2.48. The number of aryl methyl sites for hydroxylation is 1. The van der Waals surface area contributed by atoms with Gasteiger partial charge in [-0.05, 0) is 59.1 Å². The zero-order chi connectivity index (χ0) is 27.2. The van der Waals surface area contributed by atoms with Crippen LogP contribution in [0.3, 0.4) is 0 Å². The van der Waals surface area contributed by atoms with E-state index in [1.54, 1.807) is 11.0 Å². The Balaban J connectivity index is 1.38. The number of halogens is 1. The minimum absolute atomic E-state index is 0.307. The first-order chi connectivity index (χ1) is 18.0. The number of nitrogen functional groups attached to an aromatic ring is 1. The summed E-state index contributed by atoms with van der Waals surface area (Å²) in [6.45, 7) is 9.90. The molecule has 1 aliphatic carbocycles. The van der Waals surface area contributed by atoms with Crippen molar-refractivity contribution in [1.82, 2.24) is 20.0 Å². The van der Waals surface area contributed by atoms with Crippen LogP contribution in [-0.4, -0.2) is 57.9 Å². The van der Waals surface area contributed by atoms with E-state index in [1.807, 2.05) is 33.8 Å². The van der Waals surface area contributed by atoms with Gasteiger partial charge >= 0.3 is 6.09 Å². The van der Waals surface area contributed by atoms with Crippen LogP contribution in [0.4, 0.5) is 15.5 Å². The monoisotopic (exact) mass is 555 g/mol. The summed E-state index contributed by atoms with van der Waals surface area (Å²) in [7, 11) is 0. The van der Waals surface area contributed by atoms with E-state index in [0.717, 1.165) is 35.4 Å². The van der Waals surface area contributed by atoms with Gasteiger partial charge in [0.1, 0.15) is 27.5 Å². The number of ether oxygens (including phenoxy) is 1. The number of hydrogen-bond donors (Lipinski definition) is 1. The van der Waals surface area contributed by atoms with Gasteiger partial charge in [0.2, 0.25) is 11.7 Å².